The van der Waals surface area contributed by atoms with Gasteiger partial charge in [0.2, 0.25) is 5.91 Å². The highest BCUT2D eigenvalue weighted by Crippen LogP contribution is 2.28. The van der Waals surface area contributed by atoms with Crippen molar-refractivity contribution in [3.8, 4) is 0 Å². The van der Waals surface area contributed by atoms with E-state index in [1.807, 2.05) is 0 Å². The zero-order valence-corrected chi connectivity index (χ0v) is 11.0. The lowest BCUT2D eigenvalue weighted by Gasteiger charge is -2.27. The average molecular weight is 272 g/mol. The Bertz CT molecular complexity index is 356. The van der Waals surface area contributed by atoms with Gasteiger partial charge < -0.3 is 25.2 Å². The third-order valence-corrected chi connectivity index (χ3v) is 3.70. The second kappa shape index (κ2) is 5.85. The van der Waals surface area contributed by atoms with Gasteiger partial charge in [-0.15, -0.1) is 0 Å². The second-order valence-electron chi connectivity index (χ2n) is 5.26. The van der Waals surface area contributed by atoms with Crippen LogP contribution in [-0.4, -0.2) is 62.0 Å². The Morgan fingerprint density at radius 3 is 2.95 bits per heavy atom. The third kappa shape index (κ3) is 3.23. The molecule has 3 N–H and O–H groups in total. The maximum absolute atomic E-state index is 11.9. The minimum absolute atomic E-state index is 0.120. The summed E-state index contributed by atoms with van der Waals surface area (Å²) in [5.41, 5.74) is -1.05. The predicted octanol–water partition coefficient (Wildman–Crippen LogP) is -1.03. The molecule has 108 valence electrons. The van der Waals surface area contributed by atoms with Crippen molar-refractivity contribution >= 4 is 11.9 Å². The summed E-state index contributed by atoms with van der Waals surface area (Å²) >= 11 is 0. The van der Waals surface area contributed by atoms with Crippen molar-refractivity contribution in [2.24, 2.45) is 5.41 Å². The molecule has 0 bridgehead atoms. The number of carboxylic acids is 1. The van der Waals surface area contributed by atoms with Crippen LogP contribution in [0.15, 0.2) is 0 Å². The van der Waals surface area contributed by atoms with E-state index >= 15 is 0 Å². The van der Waals surface area contributed by atoms with Crippen LogP contribution in [0.4, 0.5) is 0 Å². The average Bonchev–Trinajstić information content (AvgIpc) is 2.73. The Morgan fingerprint density at radius 2 is 2.32 bits per heavy atom. The van der Waals surface area contributed by atoms with Crippen LogP contribution in [0, 0.1) is 5.41 Å². The molecule has 0 aromatic heterocycles. The van der Waals surface area contributed by atoms with E-state index in [1.165, 1.54) is 0 Å². The highest BCUT2D eigenvalue weighted by molar-refractivity contribution is 5.80. The summed E-state index contributed by atoms with van der Waals surface area (Å²) in [4.78, 5) is 23.1. The highest BCUT2D eigenvalue weighted by Gasteiger charge is 2.47. The lowest BCUT2D eigenvalue weighted by molar-refractivity contribution is -0.149. The number of carbonyl (C=O) groups is 2. The van der Waals surface area contributed by atoms with Crippen LogP contribution in [0.1, 0.15) is 13.3 Å². The van der Waals surface area contributed by atoms with Gasteiger partial charge in [-0.3, -0.25) is 9.59 Å². The van der Waals surface area contributed by atoms with E-state index in [-0.39, 0.29) is 31.6 Å². The highest BCUT2D eigenvalue weighted by atomic mass is 16.5. The van der Waals surface area contributed by atoms with Crippen LogP contribution in [0.5, 0.6) is 0 Å². The van der Waals surface area contributed by atoms with Gasteiger partial charge in [-0.1, -0.05) is 0 Å². The molecule has 2 fully saturated rings. The van der Waals surface area contributed by atoms with Crippen molar-refractivity contribution in [1.29, 1.82) is 0 Å². The van der Waals surface area contributed by atoms with E-state index in [4.69, 9.17) is 9.47 Å². The smallest absolute Gasteiger partial charge is 0.313 e. The predicted molar refractivity (Wildman–Crippen MR) is 65.7 cm³/mol. The molecule has 2 aliphatic heterocycles. The van der Waals surface area contributed by atoms with Crippen LogP contribution in [0.2, 0.25) is 0 Å². The van der Waals surface area contributed by atoms with Gasteiger partial charge in [0.1, 0.15) is 5.41 Å². The fraction of sp³-hybridized carbons (Fsp3) is 0.833. The van der Waals surface area contributed by atoms with E-state index in [2.05, 4.69) is 10.6 Å². The maximum atomic E-state index is 11.9. The van der Waals surface area contributed by atoms with Gasteiger partial charge in [0.05, 0.1) is 38.4 Å². The summed E-state index contributed by atoms with van der Waals surface area (Å²) in [6.45, 7) is 3.98. The molecule has 2 saturated heterocycles. The molecule has 1 amide bonds. The van der Waals surface area contributed by atoms with Crippen LogP contribution in [-0.2, 0) is 19.1 Å². The number of ether oxygens (including phenoxy) is 2. The molecule has 3 atom stereocenters. The summed E-state index contributed by atoms with van der Waals surface area (Å²) < 4.78 is 10.6. The van der Waals surface area contributed by atoms with Crippen LogP contribution in [0.3, 0.4) is 0 Å². The third-order valence-electron chi connectivity index (χ3n) is 3.70. The molecule has 2 heterocycles. The molecule has 2 aliphatic rings. The molecule has 7 heteroatoms. The van der Waals surface area contributed by atoms with Gasteiger partial charge in [0, 0.05) is 13.1 Å². The van der Waals surface area contributed by atoms with E-state index in [0.29, 0.717) is 13.2 Å². The normalized spacial score (nSPS) is 35.0. The molecule has 7 nitrogen and oxygen atoms in total. The Morgan fingerprint density at radius 1 is 1.53 bits per heavy atom. The molecule has 3 unspecified atom stereocenters. The largest absolute Gasteiger partial charge is 0.481 e. The lowest BCUT2D eigenvalue weighted by Crippen LogP contribution is -2.51. The van der Waals surface area contributed by atoms with E-state index in [9.17, 15) is 14.7 Å². The van der Waals surface area contributed by atoms with Crippen molar-refractivity contribution in [1.82, 2.24) is 10.6 Å². The van der Waals surface area contributed by atoms with Crippen LogP contribution < -0.4 is 10.6 Å². The molecule has 19 heavy (non-hydrogen) atoms. The zero-order valence-electron chi connectivity index (χ0n) is 11.0. The first-order valence-corrected chi connectivity index (χ1v) is 6.45. The Balaban J connectivity index is 1.86. The molecule has 2 rings (SSSR count). The SMILES string of the molecule is CC1(C(=O)O)COCC1NC(=O)CC1CNCCO1. The first kappa shape index (κ1) is 14.2. The Labute approximate surface area is 111 Å². The number of hydrogen-bond donors (Lipinski definition) is 3. The standard InChI is InChI=1S/C12H20N2O5/c1-12(11(16)17)7-18-6-9(12)14-10(15)4-8-5-13-2-3-19-8/h8-9,13H,2-7H2,1H3,(H,14,15)(H,16,17). The van der Waals surface area contributed by atoms with Crippen molar-refractivity contribution in [2.75, 3.05) is 32.9 Å². The summed E-state index contributed by atoms with van der Waals surface area (Å²) in [6.07, 6.45) is 0.0892. The van der Waals surface area contributed by atoms with Crippen molar-refractivity contribution in [3.63, 3.8) is 0 Å². The lowest BCUT2D eigenvalue weighted by atomic mass is 9.85. The van der Waals surface area contributed by atoms with E-state index < -0.39 is 17.4 Å². The molecule has 0 aromatic rings. The number of hydrogen-bond acceptors (Lipinski definition) is 5. The number of amides is 1. The van der Waals surface area contributed by atoms with Gasteiger partial charge in [-0.05, 0) is 6.92 Å². The minimum atomic E-state index is -1.05. The number of carboxylic acid groups (broad SMARTS) is 1. The molecular formula is C12H20N2O5. The first-order chi connectivity index (χ1) is 9.02. The molecule has 0 aliphatic carbocycles. The Kier molecular flexibility index (Phi) is 4.38. The molecule has 0 saturated carbocycles. The fourth-order valence-corrected chi connectivity index (χ4v) is 2.30. The number of morpholine rings is 1. The van der Waals surface area contributed by atoms with Crippen molar-refractivity contribution in [2.45, 2.75) is 25.5 Å². The second-order valence-corrected chi connectivity index (χ2v) is 5.26. The van der Waals surface area contributed by atoms with E-state index in [1.54, 1.807) is 6.92 Å². The Hall–Kier alpha value is -1.18. The van der Waals surface area contributed by atoms with E-state index in [0.717, 1.165) is 6.54 Å². The van der Waals surface area contributed by atoms with Crippen LogP contribution >= 0.6 is 0 Å². The molecule has 0 radical (unpaired) electrons. The monoisotopic (exact) mass is 272 g/mol. The van der Waals surface area contributed by atoms with Crippen molar-refractivity contribution in [3.05, 3.63) is 0 Å². The topological polar surface area (TPSA) is 96.9 Å². The van der Waals surface area contributed by atoms with Gasteiger partial charge in [0.15, 0.2) is 0 Å². The summed E-state index contributed by atoms with van der Waals surface area (Å²) in [7, 11) is 0. The number of rotatable bonds is 4. The molecular weight excluding hydrogens is 252 g/mol. The number of aliphatic carboxylic acids is 1. The number of nitrogens with one attached hydrogen (secondary N) is 2. The summed E-state index contributed by atoms with van der Waals surface area (Å²) in [5.74, 6) is -1.15. The number of carbonyl (C=O) groups excluding carboxylic acids is 1. The van der Waals surface area contributed by atoms with Gasteiger partial charge in [-0.2, -0.15) is 0 Å². The molecule has 0 aromatic carbocycles. The van der Waals surface area contributed by atoms with Gasteiger partial charge in [-0.25, -0.2) is 0 Å². The van der Waals surface area contributed by atoms with Crippen LogP contribution in [0.25, 0.3) is 0 Å². The van der Waals surface area contributed by atoms with Gasteiger partial charge >= 0.3 is 5.97 Å². The van der Waals surface area contributed by atoms with Crippen molar-refractivity contribution < 1.29 is 24.2 Å². The minimum Gasteiger partial charge on any atom is -0.481 e. The molecule has 0 spiro atoms. The quantitative estimate of drug-likeness (QED) is 0.605. The maximum Gasteiger partial charge on any atom is 0.313 e. The summed E-state index contributed by atoms with van der Waals surface area (Å²) in [5, 5.41) is 15.1. The fourth-order valence-electron chi connectivity index (χ4n) is 2.30. The first-order valence-electron chi connectivity index (χ1n) is 6.45. The zero-order chi connectivity index (χ0) is 13.9. The van der Waals surface area contributed by atoms with Gasteiger partial charge in [0.25, 0.3) is 0 Å². The summed E-state index contributed by atoms with van der Waals surface area (Å²) in [6, 6.07) is -0.492.